The summed E-state index contributed by atoms with van der Waals surface area (Å²) in [4.78, 5) is 12.9. The van der Waals surface area contributed by atoms with Gasteiger partial charge in [0, 0.05) is 18.8 Å². The van der Waals surface area contributed by atoms with E-state index in [1.807, 2.05) is 73.2 Å². The van der Waals surface area contributed by atoms with Crippen LogP contribution in [-0.2, 0) is 17.9 Å². The number of amides is 1. The Hall–Kier alpha value is -3.77. The molecule has 4 rings (SSSR count). The van der Waals surface area contributed by atoms with Crippen molar-refractivity contribution in [2.45, 2.75) is 45.9 Å². The van der Waals surface area contributed by atoms with E-state index in [-0.39, 0.29) is 11.7 Å². The molecule has 3 aromatic heterocycles. The van der Waals surface area contributed by atoms with Crippen molar-refractivity contribution in [3.8, 4) is 17.5 Å². The number of carbonyl (C=O) groups is 1. The minimum atomic E-state index is -0.208. The lowest BCUT2D eigenvalue weighted by molar-refractivity contribution is -0.113. The maximum absolute atomic E-state index is 12.9. The van der Waals surface area contributed by atoms with E-state index in [2.05, 4.69) is 21.6 Å². The number of aryl methyl sites for hydroxylation is 1. The zero-order valence-electron chi connectivity index (χ0n) is 19.6. The normalized spacial score (nSPS) is 10.9. The lowest BCUT2D eigenvalue weighted by Crippen LogP contribution is -2.19. The van der Waals surface area contributed by atoms with Crippen LogP contribution in [0.15, 0.2) is 52.2 Å². The number of hydrogen-bond acceptors (Lipinski definition) is 6. The zero-order valence-corrected chi connectivity index (χ0v) is 20.4. The molecule has 1 N–H and O–H groups in total. The van der Waals surface area contributed by atoms with Gasteiger partial charge in [0.05, 0.1) is 23.1 Å². The van der Waals surface area contributed by atoms with E-state index in [4.69, 9.17) is 4.42 Å². The Morgan fingerprint density at radius 2 is 1.91 bits per heavy atom. The minimum absolute atomic E-state index is 0.141. The quantitative estimate of drug-likeness (QED) is 0.363. The first-order valence-electron chi connectivity index (χ1n) is 11.0. The van der Waals surface area contributed by atoms with Crippen LogP contribution in [0.5, 0.6) is 0 Å². The predicted molar refractivity (Wildman–Crippen MR) is 132 cm³/mol. The van der Waals surface area contributed by atoms with Crippen molar-refractivity contribution < 1.29 is 9.21 Å². The number of carbonyl (C=O) groups excluding carboxylic acids is 1. The highest BCUT2D eigenvalue weighted by Gasteiger charge is 2.21. The second kappa shape index (κ2) is 10.0. The topological polar surface area (TPSA) is 102 Å². The number of nitrogens with one attached hydrogen (secondary N) is 1. The highest BCUT2D eigenvalue weighted by Crippen LogP contribution is 2.29. The molecule has 0 aliphatic carbocycles. The molecule has 34 heavy (non-hydrogen) atoms. The van der Waals surface area contributed by atoms with Crippen LogP contribution in [0, 0.1) is 32.1 Å². The van der Waals surface area contributed by atoms with Gasteiger partial charge >= 0.3 is 0 Å². The average molecular weight is 475 g/mol. The summed E-state index contributed by atoms with van der Waals surface area (Å²) in [7, 11) is 0. The number of thioether (sulfide) groups is 1. The molecule has 0 aliphatic heterocycles. The summed E-state index contributed by atoms with van der Waals surface area (Å²) >= 11 is 1.31. The number of furan rings is 1. The first-order chi connectivity index (χ1) is 16.4. The molecule has 4 aromatic rings. The summed E-state index contributed by atoms with van der Waals surface area (Å²) in [5, 5.41) is 22.0. The van der Waals surface area contributed by atoms with Gasteiger partial charge in [0.15, 0.2) is 11.0 Å². The van der Waals surface area contributed by atoms with E-state index in [1.54, 1.807) is 6.26 Å². The van der Waals surface area contributed by atoms with Crippen LogP contribution in [0.2, 0.25) is 0 Å². The lowest BCUT2D eigenvalue weighted by Gasteiger charge is -2.13. The van der Waals surface area contributed by atoms with Gasteiger partial charge in [-0.2, -0.15) is 5.26 Å². The van der Waals surface area contributed by atoms with Gasteiger partial charge in [0.1, 0.15) is 17.6 Å². The molecule has 0 fully saturated rings. The fourth-order valence-electron chi connectivity index (χ4n) is 3.89. The Bertz CT molecular complexity index is 1360. The second-order valence-corrected chi connectivity index (χ2v) is 8.84. The minimum Gasteiger partial charge on any atom is -0.469 e. The molecule has 0 aliphatic rings. The Morgan fingerprint density at radius 1 is 1.15 bits per heavy atom. The molecule has 3 heterocycles. The maximum atomic E-state index is 12.9. The zero-order chi connectivity index (χ0) is 24.2. The molecule has 9 heteroatoms. The van der Waals surface area contributed by atoms with E-state index in [0.717, 1.165) is 28.1 Å². The summed E-state index contributed by atoms with van der Waals surface area (Å²) in [6.45, 7) is 8.98. The molecule has 1 amide bonds. The van der Waals surface area contributed by atoms with Crippen LogP contribution in [0.3, 0.4) is 0 Å². The average Bonchev–Trinajstić information content (AvgIpc) is 3.51. The molecular weight excluding hydrogens is 448 g/mol. The monoisotopic (exact) mass is 474 g/mol. The van der Waals surface area contributed by atoms with Crippen LogP contribution >= 0.6 is 11.8 Å². The van der Waals surface area contributed by atoms with E-state index >= 15 is 0 Å². The molecule has 0 bridgehead atoms. The molecule has 0 spiro atoms. The summed E-state index contributed by atoms with van der Waals surface area (Å²) < 4.78 is 9.35. The van der Waals surface area contributed by atoms with Crippen molar-refractivity contribution in [2.24, 2.45) is 0 Å². The first kappa shape index (κ1) is 23.4. The van der Waals surface area contributed by atoms with E-state index < -0.39 is 0 Å². The van der Waals surface area contributed by atoms with Crippen molar-refractivity contribution in [1.82, 2.24) is 19.3 Å². The van der Waals surface area contributed by atoms with Crippen molar-refractivity contribution >= 4 is 23.5 Å². The van der Waals surface area contributed by atoms with E-state index in [0.29, 0.717) is 35.5 Å². The summed E-state index contributed by atoms with van der Waals surface area (Å²) in [5.74, 6) is 1.94. The summed E-state index contributed by atoms with van der Waals surface area (Å²) in [6, 6.07) is 14.1. The largest absolute Gasteiger partial charge is 0.469 e. The van der Waals surface area contributed by atoms with Crippen LogP contribution in [0.25, 0.3) is 11.4 Å². The number of nitriles is 1. The third-order valence-electron chi connectivity index (χ3n) is 5.85. The fourth-order valence-corrected chi connectivity index (χ4v) is 4.69. The van der Waals surface area contributed by atoms with Gasteiger partial charge in [-0.05, 0) is 44.9 Å². The summed E-state index contributed by atoms with van der Waals surface area (Å²) in [5.41, 5.74) is 4.28. The van der Waals surface area contributed by atoms with E-state index in [9.17, 15) is 10.1 Å². The fraction of sp³-hybridized carbons (Fsp3) is 0.280. The number of aromatic nitrogens is 4. The highest BCUT2D eigenvalue weighted by molar-refractivity contribution is 7.99. The SMILES string of the molecule is CCn1c(SCC(=O)Nc2c(C#N)c(C)c(C)n2Cc2ccccc2)nnc1-c1ccoc1C. The van der Waals surface area contributed by atoms with Crippen LogP contribution < -0.4 is 5.32 Å². The van der Waals surface area contributed by atoms with E-state index in [1.165, 1.54) is 11.8 Å². The van der Waals surface area contributed by atoms with Crippen molar-refractivity contribution in [3.63, 3.8) is 0 Å². The molecule has 174 valence electrons. The molecule has 1 aromatic carbocycles. The molecule has 0 radical (unpaired) electrons. The number of benzene rings is 1. The van der Waals surface area contributed by atoms with Crippen molar-refractivity contribution in [3.05, 3.63) is 70.8 Å². The van der Waals surface area contributed by atoms with Gasteiger partial charge in [0.25, 0.3) is 0 Å². The molecule has 8 nitrogen and oxygen atoms in total. The Labute approximate surface area is 202 Å². The van der Waals surface area contributed by atoms with Gasteiger partial charge in [0.2, 0.25) is 5.91 Å². The Morgan fingerprint density at radius 3 is 2.56 bits per heavy atom. The predicted octanol–water partition coefficient (Wildman–Crippen LogP) is 4.94. The number of nitrogens with zero attached hydrogens (tertiary/aromatic N) is 5. The highest BCUT2D eigenvalue weighted by atomic mass is 32.2. The van der Waals surface area contributed by atoms with Gasteiger partial charge in [-0.25, -0.2) is 0 Å². The Balaban J connectivity index is 1.53. The molecule has 0 saturated heterocycles. The molecule has 0 unspecified atom stereocenters. The van der Waals surface area contributed by atoms with Crippen LogP contribution in [0.4, 0.5) is 5.82 Å². The van der Waals surface area contributed by atoms with Crippen LogP contribution in [-0.4, -0.2) is 31.0 Å². The van der Waals surface area contributed by atoms with Crippen molar-refractivity contribution in [1.29, 1.82) is 5.26 Å². The maximum Gasteiger partial charge on any atom is 0.235 e. The van der Waals surface area contributed by atoms with Gasteiger partial charge < -0.3 is 18.9 Å². The van der Waals surface area contributed by atoms with Crippen molar-refractivity contribution in [2.75, 3.05) is 11.1 Å². The van der Waals surface area contributed by atoms with Crippen LogP contribution in [0.1, 0.15) is 35.1 Å². The number of hydrogen-bond donors (Lipinski definition) is 1. The van der Waals surface area contributed by atoms with Gasteiger partial charge in [-0.15, -0.1) is 10.2 Å². The molecular formula is C25H26N6O2S. The number of anilines is 1. The van der Waals surface area contributed by atoms with Gasteiger partial charge in [-0.3, -0.25) is 4.79 Å². The Kier molecular flexibility index (Phi) is 6.89. The molecule has 0 saturated carbocycles. The number of rotatable bonds is 8. The third-order valence-corrected chi connectivity index (χ3v) is 6.81. The smallest absolute Gasteiger partial charge is 0.235 e. The van der Waals surface area contributed by atoms with Gasteiger partial charge in [-0.1, -0.05) is 42.1 Å². The molecule has 0 atom stereocenters. The lowest BCUT2D eigenvalue weighted by atomic mass is 10.2. The first-order valence-corrected chi connectivity index (χ1v) is 12.0. The second-order valence-electron chi connectivity index (χ2n) is 7.90. The third kappa shape index (κ3) is 4.50. The standard InChI is InChI=1S/C25H26N6O2S/c1-5-30-24(20-11-12-33-18(20)4)28-29-25(30)34-15-22(32)27-23-21(13-26)16(2)17(3)31(23)14-19-9-7-6-8-10-19/h6-12H,5,14-15H2,1-4H3,(H,27,32). The summed E-state index contributed by atoms with van der Waals surface area (Å²) in [6.07, 6.45) is 1.63.